The van der Waals surface area contributed by atoms with Crippen LogP contribution in [-0.4, -0.2) is 18.0 Å². The van der Waals surface area contributed by atoms with Crippen LogP contribution in [0.25, 0.3) is 10.8 Å². The zero-order valence-electron chi connectivity index (χ0n) is 9.04. The minimum absolute atomic E-state index is 0.0201. The molecule has 0 aliphatic carbocycles. The Balaban J connectivity index is 2.70. The number of hydrogen-bond donors (Lipinski definition) is 0. The average Bonchev–Trinajstić information content (AvgIpc) is 2.36. The number of esters is 1. The highest BCUT2D eigenvalue weighted by atomic mass is 16.6. The third-order valence-electron chi connectivity index (χ3n) is 2.48. The van der Waals surface area contributed by atoms with Crippen molar-refractivity contribution in [3.05, 3.63) is 52.1 Å². The van der Waals surface area contributed by atoms with E-state index in [-0.39, 0.29) is 5.69 Å². The molecule has 2 aromatic rings. The van der Waals surface area contributed by atoms with E-state index >= 15 is 0 Å². The van der Waals surface area contributed by atoms with Gasteiger partial charge in [0.25, 0.3) is 5.69 Å². The van der Waals surface area contributed by atoms with Crippen molar-refractivity contribution in [1.82, 2.24) is 0 Å². The van der Waals surface area contributed by atoms with Crippen molar-refractivity contribution in [2.45, 2.75) is 0 Å². The van der Waals surface area contributed by atoms with E-state index in [0.29, 0.717) is 16.3 Å². The molecule has 0 amide bonds. The van der Waals surface area contributed by atoms with E-state index in [1.807, 2.05) is 0 Å². The van der Waals surface area contributed by atoms with E-state index in [1.165, 1.54) is 19.2 Å². The number of benzene rings is 2. The van der Waals surface area contributed by atoms with Crippen molar-refractivity contribution in [3.8, 4) is 0 Å². The number of ether oxygens (including phenoxy) is 1. The number of hydrogen-bond acceptors (Lipinski definition) is 4. The van der Waals surface area contributed by atoms with Crippen molar-refractivity contribution < 1.29 is 14.5 Å². The fourth-order valence-corrected chi connectivity index (χ4v) is 1.66. The molecule has 0 aliphatic heterocycles. The molecule has 0 fully saturated rings. The first-order chi connectivity index (χ1) is 8.13. The molecule has 86 valence electrons. The molecule has 0 aromatic heterocycles. The second kappa shape index (κ2) is 4.21. The van der Waals surface area contributed by atoms with Gasteiger partial charge in [-0.05, 0) is 17.5 Å². The van der Waals surface area contributed by atoms with Crippen LogP contribution in [0.4, 0.5) is 5.69 Å². The molecule has 0 saturated carbocycles. The molecule has 2 rings (SSSR count). The molecular weight excluding hydrogens is 222 g/mol. The van der Waals surface area contributed by atoms with Gasteiger partial charge in [-0.2, -0.15) is 0 Å². The van der Waals surface area contributed by atoms with Gasteiger partial charge in [0.05, 0.1) is 23.0 Å². The van der Waals surface area contributed by atoms with E-state index in [2.05, 4.69) is 4.74 Å². The monoisotopic (exact) mass is 231 g/mol. The van der Waals surface area contributed by atoms with E-state index in [0.717, 1.165) is 0 Å². The van der Waals surface area contributed by atoms with Crippen molar-refractivity contribution in [2.24, 2.45) is 0 Å². The minimum Gasteiger partial charge on any atom is -0.465 e. The second-order valence-corrected chi connectivity index (χ2v) is 3.46. The van der Waals surface area contributed by atoms with Gasteiger partial charge < -0.3 is 4.74 Å². The topological polar surface area (TPSA) is 69.4 Å². The van der Waals surface area contributed by atoms with Crippen LogP contribution in [0.5, 0.6) is 0 Å². The molecule has 0 bridgehead atoms. The molecule has 0 spiro atoms. The SMILES string of the molecule is COC(=O)c1ccc2cccc([N+](=O)[O-])c2c1. The number of nitrogens with zero attached hydrogens (tertiary/aromatic N) is 1. The second-order valence-electron chi connectivity index (χ2n) is 3.46. The average molecular weight is 231 g/mol. The number of nitro groups is 1. The lowest BCUT2D eigenvalue weighted by molar-refractivity contribution is -0.383. The Bertz CT molecular complexity index is 606. The molecule has 2 aromatic carbocycles. The first-order valence-corrected chi connectivity index (χ1v) is 4.89. The molecule has 0 aliphatic rings. The van der Waals surface area contributed by atoms with Crippen LogP contribution in [0.3, 0.4) is 0 Å². The van der Waals surface area contributed by atoms with Crippen molar-refractivity contribution in [2.75, 3.05) is 7.11 Å². The summed E-state index contributed by atoms with van der Waals surface area (Å²) in [5.41, 5.74) is 0.280. The summed E-state index contributed by atoms with van der Waals surface area (Å²) in [6.45, 7) is 0. The smallest absolute Gasteiger partial charge is 0.337 e. The lowest BCUT2D eigenvalue weighted by atomic mass is 10.1. The van der Waals surface area contributed by atoms with E-state index in [9.17, 15) is 14.9 Å². The summed E-state index contributed by atoms with van der Waals surface area (Å²) in [6.07, 6.45) is 0. The van der Waals surface area contributed by atoms with Crippen LogP contribution < -0.4 is 0 Å². The van der Waals surface area contributed by atoms with Gasteiger partial charge in [-0.25, -0.2) is 4.79 Å². The van der Waals surface area contributed by atoms with Gasteiger partial charge >= 0.3 is 5.97 Å². The normalized spacial score (nSPS) is 10.2. The summed E-state index contributed by atoms with van der Waals surface area (Å²) in [6, 6.07) is 9.48. The Morgan fingerprint density at radius 1 is 1.29 bits per heavy atom. The van der Waals surface area contributed by atoms with Crippen LogP contribution in [0.15, 0.2) is 36.4 Å². The van der Waals surface area contributed by atoms with Crippen molar-refractivity contribution in [1.29, 1.82) is 0 Å². The van der Waals surface area contributed by atoms with E-state index in [1.54, 1.807) is 24.3 Å². The summed E-state index contributed by atoms with van der Waals surface area (Å²) >= 11 is 0. The Labute approximate surface area is 96.8 Å². The summed E-state index contributed by atoms with van der Waals surface area (Å²) in [5, 5.41) is 12.0. The van der Waals surface area contributed by atoms with Crippen LogP contribution in [-0.2, 0) is 4.74 Å². The molecule has 0 unspecified atom stereocenters. The molecule has 0 saturated heterocycles. The number of carbonyl (C=O) groups is 1. The lowest BCUT2D eigenvalue weighted by Crippen LogP contribution is -2.01. The van der Waals surface area contributed by atoms with Crippen LogP contribution >= 0.6 is 0 Å². The van der Waals surface area contributed by atoms with Gasteiger partial charge in [0.2, 0.25) is 0 Å². The Morgan fingerprint density at radius 3 is 2.71 bits per heavy atom. The van der Waals surface area contributed by atoms with Crippen LogP contribution in [0.1, 0.15) is 10.4 Å². The zero-order valence-corrected chi connectivity index (χ0v) is 9.04. The minimum atomic E-state index is -0.509. The number of carbonyl (C=O) groups excluding carboxylic acids is 1. The van der Waals surface area contributed by atoms with Gasteiger partial charge in [-0.1, -0.05) is 18.2 Å². The molecule has 5 nitrogen and oxygen atoms in total. The maximum Gasteiger partial charge on any atom is 0.337 e. The fraction of sp³-hybridized carbons (Fsp3) is 0.0833. The Hall–Kier alpha value is -2.43. The molecule has 5 heteroatoms. The van der Waals surface area contributed by atoms with Gasteiger partial charge in [0.15, 0.2) is 0 Å². The predicted octanol–water partition coefficient (Wildman–Crippen LogP) is 2.53. The number of nitro benzene ring substituents is 1. The molecular formula is C12H9NO4. The predicted molar refractivity (Wildman–Crippen MR) is 61.9 cm³/mol. The van der Waals surface area contributed by atoms with Gasteiger partial charge in [0, 0.05) is 6.07 Å². The first-order valence-electron chi connectivity index (χ1n) is 4.89. The lowest BCUT2D eigenvalue weighted by Gasteiger charge is -2.02. The van der Waals surface area contributed by atoms with Crippen molar-refractivity contribution >= 4 is 22.4 Å². The Morgan fingerprint density at radius 2 is 2.06 bits per heavy atom. The van der Waals surface area contributed by atoms with Gasteiger partial charge in [0.1, 0.15) is 0 Å². The summed E-state index contributed by atoms with van der Waals surface area (Å²) in [5.74, 6) is -0.509. The quantitative estimate of drug-likeness (QED) is 0.452. The highest BCUT2D eigenvalue weighted by Crippen LogP contribution is 2.26. The van der Waals surface area contributed by atoms with Crippen LogP contribution in [0, 0.1) is 10.1 Å². The zero-order chi connectivity index (χ0) is 12.4. The summed E-state index contributed by atoms with van der Waals surface area (Å²) in [7, 11) is 1.27. The van der Waals surface area contributed by atoms with Gasteiger partial charge in [-0.3, -0.25) is 10.1 Å². The number of non-ortho nitro benzene ring substituents is 1. The molecule has 0 N–H and O–H groups in total. The number of fused-ring (bicyclic) bond motifs is 1. The molecule has 17 heavy (non-hydrogen) atoms. The van der Waals surface area contributed by atoms with E-state index < -0.39 is 10.9 Å². The number of methoxy groups -OCH3 is 1. The van der Waals surface area contributed by atoms with Crippen molar-refractivity contribution in [3.63, 3.8) is 0 Å². The molecule has 0 heterocycles. The Kier molecular flexibility index (Phi) is 2.74. The molecule has 0 atom stereocenters. The fourth-order valence-electron chi connectivity index (χ4n) is 1.66. The largest absolute Gasteiger partial charge is 0.465 e. The van der Waals surface area contributed by atoms with Gasteiger partial charge in [-0.15, -0.1) is 0 Å². The third-order valence-corrected chi connectivity index (χ3v) is 2.48. The highest BCUT2D eigenvalue weighted by Gasteiger charge is 2.13. The summed E-state index contributed by atoms with van der Waals surface area (Å²) in [4.78, 5) is 21.7. The molecule has 0 radical (unpaired) electrons. The van der Waals surface area contributed by atoms with E-state index in [4.69, 9.17) is 0 Å². The summed E-state index contributed by atoms with van der Waals surface area (Å²) < 4.78 is 4.58. The maximum absolute atomic E-state index is 11.3. The third kappa shape index (κ3) is 1.94. The number of rotatable bonds is 2. The van der Waals surface area contributed by atoms with Crippen LogP contribution in [0.2, 0.25) is 0 Å². The highest BCUT2D eigenvalue weighted by molar-refractivity contribution is 5.98. The first kappa shape index (κ1) is 11.1. The standard InChI is InChI=1S/C12H9NO4/c1-17-12(14)9-6-5-8-3-2-4-11(13(15)16)10(8)7-9/h2-7H,1H3. The maximum atomic E-state index is 11.3.